The van der Waals surface area contributed by atoms with E-state index >= 15 is 4.39 Å². The average Bonchev–Trinajstić information content (AvgIpc) is 3.36. The molecule has 1 unspecified atom stereocenters. The van der Waals surface area contributed by atoms with E-state index in [9.17, 15) is 5.11 Å². The summed E-state index contributed by atoms with van der Waals surface area (Å²) < 4.78 is 27.3. The van der Waals surface area contributed by atoms with Crippen molar-refractivity contribution in [3.05, 3.63) is 54.7 Å². The summed E-state index contributed by atoms with van der Waals surface area (Å²) in [6, 6.07) is 10.9. The van der Waals surface area contributed by atoms with Gasteiger partial charge in [0.05, 0.1) is 40.9 Å². The van der Waals surface area contributed by atoms with Crippen LogP contribution in [-0.2, 0) is 4.74 Å². The summed E-state index contributed by atoms with van der Waals surface area (Å²) in [7, 11) is 0. The van der Waals surface area contributed by atoms with Crippen molar-refractivity contribution in [3.8, 4) is 5.75 Å². The average molecular weight is 518 g/mol. The Kier molecular flexibility index (Phi) is 6.28. The number of nitrogens with zero attached hydrogens (tertiary/aromatic N) is 4. The van der Waals surface area contributed by atoms with Gasteiger partial charge in [0.2, 0.25) is 0 Å². The minimum atomic E-state index is -0.748. The summed E-state index contributed by atoms with van der Waals surface area (Å²) in [5, 5.41) is 14.9. The predicted molar refractivity (Wildman–Crippen MR) is 146 cm³/mol. The van der Waals surface area contributed by atoms with Crippen molar-refractivity contribution in [1.29, 1.82) is 0 Å². The Hall–Kier alpha value is -3.56. The molecule has 2 aromatic carbocycles. The zero-order valence-electron chi connectivity index (χ0n) is 21.8. The number of hydrogen-bond acceptors (Lipinski definition) is 8. The van der Waals surface area contributed by atoms with Gasteiger partial charge in [-0.25, -0.2) is 14.4 Å². The largest absolute Gasteiger partial charge is 0.489 e. The van der Waals surface area contributed by atoms with Gasteiger partial charge in [0.1, 0.15) is 24.0 Å². The van der Waals surface area contributed by atoms with Crippen LogP contribution in [0.15, 0.2) is 48.9 Å². The van der Waals surface area contributed by atoms with Crippen LogP contribution in [0.1, 0.15) is 27.2 Å². The Morgan fingerprint density at radius 3 is 2.74 bits per heavy atom. The molecule has 0 aliphatic carbocycles. The van der Waals surface area contributed by atoms with E-state index in [4.69, 9.17) is 9.47 Å². The minimum absolute atomic E-state index is 0.0820. The van der Waals surface area contributed by atoms with E-state index < -0.39 is 11.4 Å². The number of fused-ring (bicyclic) bond motifs is 2. The van der Waals surface area contributed by atoms with E-state index in [1.54, 1.807) is 30.5 Å². The molecule has 6 rings (SSSR count). The second kappa shape index (κ2) is 9.63. The molecule has 2 saturated heterocycles. The Morgan fingerprint density at radius 1 is 1.16 bits per heavy atom. The van der Waals surface area contributed by atoms with Gasteiger partial charge in [-0.05, 0) is 57.5 Å². The zero-order valence-corrected chi connectivity index (χ0v) is 21.8. The third-order valence-corrected chi connectivity index (χ3v) is 7.85. The summed E-state index contributed by atoms with van der Waals surface area (Å²) in [6.45, 7) is 8.67. The van der Waals surface area contributed by atoms with Gasteiger partial charge >= 0.3 is 0 Å². The van der Waals surface area contributed by atoms with Crippen molar-refractivity contribution in [2.75, 3.05) is 36.5 Å². The maximum atomic E-state index is 15.4. The smallest absolute Gasteiger partial charge is 0.156 e. The third kappa shape index (κ3) is 4.61. The molecule has 2 fully saturated rings. The number of aliphatic hydroxyl groups is 1. The molecule has 0 radical (unpaired) electrons. The number of ether oxygens (including phenoxy) is 2. The van der Waals surface area contributed by atoms with Gasteiger partial charge in [-0.15, -0.1) is 0 Å². The van der Waals surface area contributed by atoms with E-state index in [2.05, 4.69) is 25.2 Å². The van der Waals surface area contributed by atoms with E-state index in [-0.39, 0.29) is 12.0 Å². The fourth-order valence-electron chi connectivity index (χ4n) is 5.24. The van der Waals surface area contributed by atoms with Crippen molar-refractivity contribution in [3.63, 3.8) is 0 Å². The molecular formula is C29H32FN5O3. The normalized spacial score (nSPS) is 19.1. The number of benzene rings is 2. The predicted octanol–water partition coefficient (Wildman–Crippen LogP) is 5.07. The number of nitrogens with one attached hydrogen (secondary N) is 1. The Bertz CT molecular complexity index is 1490. The van der Waals surface area contributed by atoms with Crippen LogP contribution in [0.5, 0.6) is 5.75 Å². The van der Waals surface area contributed by atoms with Gasteiger partial charge in [0.15, 0.2) is 5.82 Å². The Balaban J connectivity index is 1.41. The third-order valence-electron chi connectivity index (χ3n) is 7.85. The summed E-state index contributed by atoms with van der Waals surface area (Å²) in [6.07, 6.45) is 3.94. The van der Waals surface area contributed by atoms with Gasteiger partial charge in [-0.3, -0.25) is 4.98 Å². The van der Waals surface area contributed by atoms with Gasteiger partial charge in [0.25, 0.3) is 0 Å². The first-order valence-electron chi connectivity index (χ1n) is 13.1. The zero-order chi connectivity index (χ0) is 26.4. The number of hydrogen-bond donors (Lipinski definition) is 2. The molecule has 0 spiro atoms. The fourth-order valence-corrected chi connectivity index (χ4v) is 5.24. The van der Waals surface area contributed by atoms with Gasteiger partial charge in [0, 0.05) is 48.3 Å². The van der Waals surface area contributed by atoms with E-state index in [0.717, 1.165) is 25.2 Å². The Labute approximate surface area is 220 Å². The van der Waals surface area contributed by atoms with E-state index in [1.807, 2.05) is 32.9 Å². The minimum Gasteiger partial charge on any atom is -0.489 e. The summed E-state index contributed by atoms with van der Waals surface area (Å²) in [5.74, 6) is 1.17. The molecule has 4 heterocycles. The first-order valence-corrected chi connectivity index (χ1v) is 13.1. The van der Waals surface area contributed by atoms with Crippen molar-refractivity contribution < 1.29 is 19.0 Å². The maximum absolute atomic E-state index is 15.4. The highest BCUT2D eigenvalue weighted by Gasteiger charge is 2.34. The van der Waals surface area contributed by atoms with Crippen molar-refractivity contribution >= 4 is 39.0 Å². The highest BCUT2D eigenvalue weighted by Crippen LogP contribution is 2.40. The number of aromatic nitrogens is 3. The molecule has 0 amide bonds. The molecule has 4 aromatic rings. The molecule has 198 valence electrons. The quantitative estimate of drug-likeness (QED) is 0.351. The Morgan fingerprint density at radius 2 is 2.00 bits per heavy atom. The van der Waals surface area contributed by atoms with Crippen LogP contribution < -0.4 is 15.0 Å². The number of anilines is 3. The number of pyridine rings is 1. The second-order valence-electron chi connectivity index (χ2n) is 10.9. The first kappa shape index (κ1) is 24.8. The molecular weight excluding hydrogens is 485 g/mol. The highest BCUT2D eigenvalue weighted by atomic mass is 19.1. The molecule has 2 aromatic heterocycles. The van der Waals surface area contributed by atoms with Gasteiger partial charge in [-0.1, -0.05) is 0 Å². The van der Waals surface area contributed by atoms with E-state index in [0.29, 0.717) is 58.2 Å². The highest BCUT2D eigenvalue weighted by molar-refractivity contribution is 5.98. The maximum Gasteiger partial charge on any atom is 0.156 e. The lowest BCUT2D eigenvalue weighted by Crippen LogP contribution is -2.39. The molecule has 9 heteroatoms. The molecule has 2 N–H and O–H groups in total. The lowest BCUT2D eigenvalue weighted by molar-refractivity contribution is -0.0773. The lowest BCUT2D eigenvalue weighted by Gasteiger charge is -2.32. The molecule has 2 atom stereocenters. The SMILES string of the molecule is C[C@@H](Oc1cc(N2CCC(C(C)(C)O)C2)cc2ncnc(Nc3ccc4ncccc4c3F)c12)C1COC1. The molecule has 0 saturated carbocycles. The summed E-state index contributed by atoms with van der Waals surface area (Å²) in [4.78, 5) is 15.6. The summed E-state index contributed by atoms with van der Waals surface area (Å²) in [5.41, 5.74) is 1.81. The standard InChI is InChI=1S/C29H32FN5O3/c1-17(18-14-37-15-18)38-25-12-20(35-10-8-19(13-35)29(2,3)36)11-24-26(25)28(33-16-32-24)34-23-7-6-22-21(27(23)30)5-4-9-31-22/h4-7,9,11-12,16-19,36H,8,10,13-15H2,1-3H3,(H,32,33,34)/t17-,19?/m1/s1. The monoisotopic (exact) mass is 517 g/mol. The van der Waals surface area contributed by atoms with E-state index in [1.165, 1.54) is 6.33 Å². The lowest BCUT2D eigenvalue weighted by atomic mass is 9.90. The first-order chi connectivity index (χ1) is 18.3. The van der Waals surface area contributed by atoms with Crippen LogP contribution in [-0.4, -0.2) is 58.1 Å². The molecule has 0 bridgehead atoms. The topological polar surface area (TPSA) is 92.6 Å². The van der Waals surface area contributed by atoms with Crippen LogP contribution in [0.4, 0.5) is 21.6 Å². The number of rotatable bonds is 7. The second-order valence-corrected chi connectivity index (χ2v) is 10.9. The van der Waals surface area contributed by atoms with Crippen LogP contribution in [0.25, 0.3) is 21.8 Å². The van der Waals surface area contributed by atoms with Gasteiger partial charge in [-0.2, -0.15) is 0 Å². The van der Waals surface area contributed by atoms with Crippen LogP contribution in [0.2, 0.25) is 0 Å². The molecule has 2 aliphatic rings. The van der Waals surface area contributed by atoms with Crippen molar-refractivity contribution in [1.82, 2.24) is 15.0 Å². The molecule has 8 nitrogen and oxygen atoms in total. The van der Waals surface area contributed by atoms with Crippen molar-refractivity contribution in [2.24, 2.45) is 11.8 Å². The molecule has 2 aliphatic heterocycles. The van der Waals surface area contributed by atoms with Crippen molar-refractivity contribution in [2.45, 2.75) is 38.9 Å². The van der Waals surface area contributed by atoms with Crippen LogP contribution in [0.3, 0.4) is 0 Å². The fraction of sp³-hybridized carbons (Fsp3) is 0.414. The van der Waals surface area contributed by atoms with Gasteiger partial charge < -0.3 is 24.8 Å². The molecule has 38 heavy (non-hydrogen) atoms. The number of halogens is 1. The van der Waals surface area contributed by atoms with Crippen LogP contribution in [0, 0.1) is 17.7 Å². The summed E-state index contributed by atoms with van der Waals surface area (Å²) >= 11 is 0. The van der Waals surface area contributed by atoms with Crippen LogP contribution >= 0.6 is 0 Å².